The highest BCUT2D eigenvalue weighted by molar-refractivity contribution is 5.95. The molecule has 2 aliphatic rings. The van der Waals surface area contributed by atoms with Gasteiger partial charge in [-0.1, -0.05) is 24.3 Å². The maximum atomic E-state index is 14.3. The molecule has 0 N–H and O–H groups in total. The van der Waals surface area contributed by atoms with Gasteiger partial charge in [-0.15, -0.1) is 0 Å². The molecule has 1 saturated heterocycles. The van der Waals surface area contributed by atoms with Gasteiger partial charge in [0.05, 0.1) is 6.54 Å². The zero-order valence-corrected chi connectivity index (χ0v) is 18.9. The van der Waals surface area contributed by atoms with Crippen molar-refractivity contribution < 1.29 is 9.18 Å². The monoisotopic (exact) mass is 445 g/mol. The summed E-state index contributed by atoms with van der Waals surface area (Å²) in [5, 5.41) is 0. The largest absolute Gasteiger partial charge is 0.299 e. The first-order chi connectivity index (χ1) is 16.1. The Morgan fingerprint density at radius 1 is 1.03 bits per heavy atom. The number of rotatable bonds is 5. The summed E-state index contributed by atoms with van der Waals surface area (Å²) in [6.07, 6.45) is 6.70. The minimum absolute atomic E-state index is 0.0129. The first-order valence-corrected chi connectivity index (χ1v) is 11.6. The van der Waals surface area contributed by atoms with Gasteiger partial charge in [-0.3, -0.25) is 19.6 Å². The molecule has 2 aromatic heterocycles. The van der Waals surface area contributed by atoms with E-state index < -0.39 is 0 Å². The second-order valence-electron chi connectivity index (χ2n) is 8.95. The van der Waals surface area contributed by atoms with Crippen molar-refractivity contribution in [1.82, 2.24) is 19.9 Å². The van der Waals surface area contributed by atoms with E-state index in [1.165, 1.54) is 11.6 Å². The first kappa shape index (κ1) is 21.6. The zero-order chi connectivity index (χ0) is 22.8. The number of aryl methyl sites for hydroxylation is 1. The van der Waals surface area contributed by atoms with Gasteiger partial charge >= 0.3 is 0 Å². The van der Waals surface area contributed by atoms with Gasteiger partial charge < -0.3 is 0 Å². The van der Waals surface area contributed by atoms with E-state index in [1.54, 1.807) is 29.3 Å². The first-order valence-electron chi connectivity index (χ1n) is 11.6. The molecule has 1 aromatic carbocycles. The number of fused-ring (bicyclic) bond motifs is 1. The van der Waals surface area contributed by atoms with Gasteiger partial charge in [0.15, 0.2) is 0 Å². The van der Waals surface area contributed by atoms with Crippen LogP contribution in [-0.2, 0) is 24.3 Å². The number of carbonyl (C=O) groups is 1. The maximum Gasteiger partial charge on any atom is 0.228 e. The number of hydrogen-bond acceptors (Lipinski definition) is 5. The quantitative estimate of drug-likeness (QED) is 0.590. The number of aromatic nitrogens is 3. The Balaban J connectivity index is 1.35. The Morgan fingerprint density at radius 2 is 1.85 bits per heavy atom. The van der Waals surface area contributed by atoms with Crippen LogP contribution in [0.5, 0.6) is 0 Å². The number of anilines is 1. The minimum atomic E-state index is -0.301. The van der Waals surface area contributed by atoms with Crippen LogP contribution in [0, 0.1) is 12.7 Å². The van der Waals surface area contributed by atoms with Crippen LogP contribution in [0.4, 0.5) is 10.2 Å². The SMILES string of the molecule is Cc1nc(C2CCN(Cc3cccnc3)CC2)nc2c1CCC(=O)N2Cc1ccccc1F. The fraction of sp³-hybridized carbons (Fsp3) is 0.385. The number of likely N-dealkylation sites (tertiary alicyclic amines) is 1. The molecule has 0 spiro atoms. The van der Waals surface area contributed by atoms with Crippen molar-refractivity contribution in [3.05, 3.63) is 82.8 Å². The van der Waals surface area contributed by atoms with Crippen molar-refractivity contribution in [3.63, 3.8) is 0 Å². The molecule has 7 heteroatoms. The summed E-state index contributed by atoms with van der Waals surface area (Å²) in [6, 6.07) is 10.7. The van der Waals surface area contributed by atoms with Crippen LogP contribution >= 0.6 is 0 Å². The molecule has 3 aromatic rings. The van der Waals surface area contributed by atoms with Gasteiger partial charge in [-0.2, -0.15) is 0 Å². The second kappa shape index (κ2) is 9.35. The van der Waals surface area contributed by atoms with Gasteiger partial charge in [0.25, 0.3) is 0 Å². The predicted molar refractivity (Wildman–Crippen MR) is 124 cm³/mol. The molecular weight excluding hydrogens is 417 g/mol. The average Bonchev–Trinajstić information content (AvgIpc) is 2.83. The lowest BCUT2D eigenvalue weighted by Crippen LogP contribution is -2.37. The molecule has 0 bridgehead atoms. The lowest BCUT2D eigenvalue weighted by atomic mass is 9.94. The van der Waals surface area contributed by atoms with E-state index in [0.29, 0.717) is 24.2 Å². The number of hydrogen-bond donors (Lipinski definition) is 0. The zero-order valence-electron chi connectivity index (χ0n) is 18.9. The van der Waals surface area contributed by atoms with E-state index in [2.05, 4.69) is 16.0 Å². The Hall–Kier alpha value is -3.19. The van der Waals surface area contributed by atoms with Crippen molar-refractivity contribution in [3.8, 4) is 0 Å². The number of piperidine rings is 1. The molecule has 0 unspecified atom stereocenters. The topological polar surface area (TPSA) is 62.2 Å². The van der Waals surface area contributed by atoms with E-state index in [0.717, 1.165) is 49.6 Å². The fourth-order valence-corrected chi connectivity index (χ4v) is 4.84. The van der Waals surface area contributed by atoms with Crippen molar-refractivity contribution in [2.75, 3.05) is 18.0 Å². The third kappa shape index (κ3) is 4.64. The van der Waals surface area contributed by atoms with Crippen LogP contribution in [0.2, 0.25) is 0 Å². The van der Waals surface area contributed by atoms with Crippen molar-refractivity contribution in [2.45, 2.75) is 51.6 Å². The smallest absolute Gasteiger partial charge is 0.228 e. The number of benzene rings is 1. The predicted octanol–water partition coefficient (Wildman–Crippen LogP) is 4.18. The molecule has 0 atom stereocenters. The highest BCUT2D eigenvalue weighted by Gasteiger charge is 2.31. The van der Waals surface area contributed by atoms with Gasteiger partial charge in [0, 0.05) is 48.1 Å². The molecule has 170 valence electrons. The summed E-state index contributed by atoms with van der Waals surface area (Å²) in [6.45, 7) is 5.03. The summed E-state index contributed by atoms with van der Waals surface area (Å²) in [5.41, 5.74) is 3.65. The fourth-order valence-electron chi connectivity index (χ4n) is 4.84. The summed E-state index contributed by atoms with van der Waals surface area (Å²) >= 11 is 0. The Morgan fingerprint density at radius 3 is 2.61 bits per heavy atom. The van der Waals surface area contributed by atoms with Gasteiger partial charge in [-0.25, -0.2) is 14.4 Å². The number of halogens is 1. The molecule has 6 nitrogen and oxygen atoms in total. The number of nitrogens with zero attached hydrogens (tertiary/aromatic N) is 5. The van der Waals surface area contributed by atoms with Crippen LogP contribution in [0.1, 0.15) is 53.4 Å². The molecule has 0 saturated carbocycles. The van der Waals surface area contributed by atoms with Crippen molar-refractivity contribution >= 4 is 11.7 Å². The molecule has 2 aliphatic heterocycles. The van der Waals surface area contributed by atoms with E-state index in [9.17, 15) is 9.18 Å². The molecule has 1 fully saturated rings. The summed E-state index contributed by atoms with van der Waals surface area (Å²) in [4.78, 5) is 30.9. The number of amides is 1. The van der Waals surface area contributed by atoms with Crippen LogP contribution in [0.25, 0.3) is 0 Å². The lowest BCUT2D eigenvalue weighted by molar-refractivity contribution is -0.119. The van der Waals surface area contributed by atoms with E-state index >= 15 is 0 Å². The molecule has 5 rings (SSSR count). The Labute approximate surface area is 193 Å². The minimum Gasteiger partial charge on any atom is -0.299 e. The molecule has 4 heterocycles. The van der Waals surface area contributed by atoms with Gasteiger partial charge in [0.1, 0.15) is 17.5 Å². The van der Waals surface area contributed by atoms with Crippen molar-refractivity contribution in [1.29, 1.82) is 0 Å². The van der Waals surface area contributed by atoms with E-state index in [1.807, 2.05) is 19.2 Å². The lowest BCUT2D eigenvalue weighted by Gasteiger charge is -2.33. The van der Waals surface area contributed by atoms with Crippen LogP contribution in [0.15, 0.2) is 48.8 Å². The second-order valence-corrected chi connectivity index (χ2v) is 8.95. The third-order valence-corrected chi connectivity index (χ3v) is 6.72. The third-order valence-electron chi connectivity index (χ3n) is 6.72. The molecule has 0 aliphatic carbocycles. The maximum absolute atomic E-state index is 14.3. The van der Waals surface area contributed by atoms with E-state index in [-0.39, 0.29) is 24.2 Å². The molecule has 1 amide bonds. The highest BCUT2D eigenvalue weighted by Crippen LogP contribution is 2.33. The summed E-state index contributed by atoms with van der Waals surface area (Å²) < 4.78 is 14.3. The molecule has 33 heavy (non-hydrogen) atoms. The molecule has 0 radical (unpaired) electrons. The highest BCUT2D eigenvalue weighted by atomic mass is 19.1. The van der Waals surface area contributed by atoms with Crippen molar-refractivity contribution in [2.24, 2.45) is 0 Å². The van der Waals surface area contributed by atoms with E-state index in [4.69, 9.17) is 9.97 Å². The molecular formula is C26H28FN5O. The average molecular weight is 446 g/mol. The van der Waals surface area contributed by atoms with Crippen LogP contribution < -0.4 is 4.90 Å². The van der Waals surface area contributed by atoms with Gasteiger partial charge in [0.2, 0.25) is 5.91 Å². The Kier molecular flexibility index (Phi) is 6.13. The normalized spacial score (nSPS) is 17.3. The number of carbonyl (C=O) groups excluding carboxylic acids is 1. The number of pyridine rings is 1. The summed E-state index contributed by atoms with van der Waals surface area (Å²) in [5.74, 6) is 1.41. The summed E-state index contributed by atoms with van der Waals surface area (Å²) in [7, 11) is 0. The Bertz CT molecular complexity index is 1140. The van der Waals surface area contributed by atoms with Crippen LogP contribution in [-0.4, -0.2) is 38.8 Å². The standard InChI is InChI=1S/C26H28FN5O/c1-18-22-8-9-24(33)32(17-21-6-2-3-7-23(21)27)26(22)30-25(29-18)20-10-13-31(14-11-20)16-19-5-4-12-28-15-19/h2-7,12,15,20H,8-11,13-14,16-17H2,1H3. The van der Waals surface area contributed by atoms with Gasteiger partial charge in [-0.05, 0) is 57.0 Å². The van der Waals surface area contributed by atoms with Crippen LogP contribution in [0.3, 0.4) is 0 Å².